The van der Waals surface area contributed by atoms with Crippen LogP contribution in [0.2, 0.25) is 0 Å². The molecule has 1 saturated heterocycles. The van der Waals surface area contributed by atoms with Gasteiger partial charge >= 0.3 is 0 Å². The molecule has 27 heavy (non-hydrogen) atoms. The number of aromatic nitrogens is 1. The standard InChI is InChI=1S/C21H23FN4O/c1-25(2)21(27)19-13-17-16(7-8-18(22)20(17)24-19)14-3-5-15(6-4-14)26-11-9-23-10-12-26/h3-8,13,23-24H,9-12H2,1-2H3. The van der Waals surface area contributed by atoms with Gasteiger partial charge in [0, 0.05) is 51.3 Å². The SMILES string of the molecule is CN(C)C(=O)c1cc2c(-c3ccc(N4CCNCC4)cc3)ccc(F)c2[nH]1. The Morgan fingerprint density at radius 3 is 2.44 bits per heavy atom. The Bertz CT molecular complexity index is 972. The first-order chi connectivity index (χ1) is 13.0. The predicted molar refractivity (Wildman–Crippen MR) is 107 cm³/mol. The molecule has 1 aliphatic rings. The molecule has 2 heterocycles. The number of fused-ring (bicyclic) bond motifs is 1. The number of carbonyl (C=O) groups excluding carboxylic acids is 1. The second kappa shape index (κ2) is 7.04. The summed E-state index contributed by atoms with van der Waals surface area (Å²) in [7, 11) is 3.36. The Morgan fingerprint density at radius 2 is 1.78 bits per heavy atom. The number of H-pyrrole nitrogens is 1. The Balaban J connectivity index is 1.72. The quantitative estimate of drug-likeness (QED) is 0.749. The summed E-state index contributed by atoms with van der Waals surface area (Å²) in [5.41, 5.74) is 3.85. The van der Waals surface area contributed by atoms with Crippen LogP contribution in [0.25, 0.3) is 22.0 Å². The third kappa shape index (κ3) is 3.28. The normalized spacial score (nSPS) is 14.6. The molecule has 2 N–H and O–H groups in total. The maximum absolute atomic E-state index is 14.3. The lowest BCUT2D eigenvalue weighted by atomic mass is 10.0. The predicted octanol–water partition coefficient (Wildman–Crippen LogP) is 3.09. The number of hydrogen-bond acceptors (Lipinski definition) is 3. The van der Waals surface area contributed by atoms with Gasteiger partial charge in [-0.15, -0.1) is 0 Å². The van der Waals surface area contributed by atoms with E-state index in [2.05, 4.69) is 39.5 Å². The van der Waals surface area contributed by atoms with E-state index in [1.54, 1.807) is 26.2 Å². The van der Waals surface area contributed by atoms with E-state index in [1.807, 2.05) is 0 Å². The zero-order chi connectivity index (χ0) is 19.0. The van der Waals surface area contributed by atoms with Crippen LogP contribution in [-0.2, 0) is 0 Å². The minimum atomic E-state index is -0.357. The minimum absolute atomic E-state index is 0.175. The van der Waals surface area contributed by atoms with E-state index in [-0.39, 0.29) is 11.7 Å². The number of amides is 1. The highest BCUT2D eigenvalue weighted by Gasteiger charge is 2.17. The Kier molecular flexibility index (Phi) is 4.58. The van der Waals surface area contributed by atoms with Crippen LogP contribution in [0.3, 0.4) is 0 Å². The number of halogens is 1. The Labute approximate surface area is 157 Å². The zero-order valence-corrected chi connectivity index (χ0v) is 15.6. The van der Waals surface area contributed by atoms with Crippen molar-refractivity contribution in [2.75, 3.05) is 45.2 Å². The van der Waals surface area contributed by atoms with Gasteiger partial charge in [0.05, 0.1) is 5.52 Å². The third-order valence-corrected chi connectivity index (χ3v) is 5.04. The molecule has 1 aromatic heterocycles. The van der Waals surface area contributed by atoms with Gasteiger partial charge < -0.3 is 20.1 Å². The highest BCUT2D eigenvalue weighted by Crippen LogP contribution is 2.32. The highest BCUT2D eigenvalue weighted by molar-refractivity contribution is 6.03. The van der Waals surface area contributed by atoms with Gasteiger partial charge in [-0.1, -0.05) is 18.2 Å². The number of nitrogens with zero attached hydrogens (tertiary/aromatic N) is 2. The van der Waals surface area contributed by atoms with Gasteiger partial charge in [0.1, 0.15) is 11.5 Å². The summed E-state index contributed by atoms with van der Waals surface area (Å²) < 4.78 is 14.3. The summed E-state index contributed by atoms with van der Waals surface area (Å²) >= 11 is 0. The average Bonchev–Trinajstić information content (AvgIpc) is 3.15. The Hall–Kier alpha value is -2.86. The van der Waals surface area contributed by atoms with Crippen molar-refractivity contribution in [3.63, 3.8) is 0 Å². The Morgan fingerprint density at radius 1 is 1.07 bits per heavy atom. The summed E-state index contributed by atoms with van der Waals surface area (Å²) in [6, 6.07) is 13.3. The molecule has 0 radical (unpaired) electrons. The third-order valence-electron chi connectivity index (χ3n) is 5.04. The van der Waals surface area contributed by atoms with Gasteiger partial charge in [0.2, 0.25) is 0 Å². The molecule has 0 saturated carbocycles. The van der Waals surface area contributed by atoms with E-state index in [0.29, 0.717) is 11.2 Å². The smallest absolute Gasteiger partial charge is 0.269 e. The van der Waals surface area contributed by atoms with Crippen LogP contribution in [-0.4, -0.2) is 56.1 Å². The molecule has 2 aromatic carbocycles. The molecule has 5 nitrogen and oxygen atoms in total. The van der Waals surface area contributed by atoms with Crippen LogP contribution in [0.5, 0.6) is 0 Å². The number of rotatable bonds is 3. The summed E-state index contributed by atoms with van der Waals surface area (Å²) in [5, 5.41) is 4.07. The monoisotopic (exact) mass is 366 g/mol. The molecule has 6 heteroatoms. The van der Waals surface area contributed by atoms with E-state index < -0.39 is 0 Å². The second-order valence-corrected chi connectivity index (χ2v) is 7.05. The summed E-state index contributed by atoms with van der Waals surface area (Å²) in [4.78, 5) is 19.0. The lowest BCUT2D eigenvalue weighted by molar-refractivity contribution is 0.0823. The fourth-order valence-electron chi connectivity index (χ4n) is 3.57. The molecular formula is C21H23FN4O. The van der Waals surface area contributed by atoms with Gasteiger partial charge in [-0.05, 0) is 35.4 Å². The fourth-order valence-corrected chi connectivity index (χ4v) is 3.57. The van der Waals surface area contributed by atoms with Gasteiger partial charge in [-0.25, -0.2) is 4.39 Å². The van der Waals surface area contributed by atoms with Crippen molar-refractivity contribution in [3.8, 4) is 11.1 Å². The lowest BCUT2D eigenvalue weighted by Gasteiger charge is -2.29. The number of piperazine rings is 1. The van der Waals surface area contributed by atoms with Crippen molar-refractivity contribution in [2.24, 2.45) is 0 Å². The highest BCUT2D eigenvalue weighted by atomic mass is 19.1. The molecule has 0 aliphatic carbocycles. The molecule has 0 unspecified atom stereocenters. The second-order valence-electron chi connectivity index (χ2n) is 7.05. The largest absolute Gasteiger partial charge is 0.369 e. The van der Waals surface area contributed by atoms with Crippen LogP contribution in [0.1, 0.15) is 10.5 Å². The minimum Gasteiger partial charge on any atom is -0.369 e. The van der Waals surface area contributed by atoms with Crippen molar-refractivity contribution < 1.29 is 9.18 Å². The maximum atomic E-state index is 14.3. The van der Waals surface area contributed by atoms with Crippen molar-refractivity contribution in [2.45, 2.75) is 0 Å². The molecular weight excluding hydrogens is 343 g/mol. The lowest BCUT2D eigenvalue weighted by Crippen LogP contribution is -2.43. The summed E-state index contributed by atoms with van der Waals surface area (Å²) in [6.07, 6.45) is 0. The molecule has 3 aromatic rings. The van der Waals surface area contributed by atoms with E-state index in [4.69, 9.17) is 0 Å². The van der Waals surface area contributed by atoms with Crippen LogP contribution in [0, 0.1) is 5.82 Å². The number of carbonyl (C=O) groups is 1. The number of benzene rings is 2. The average molecular weight is 366 g/mol. The van der Waals surface area contributed by atoms with Gasteiger partial charge in [0.15, 0.2) is 0 Å². The van der Waals surface area contributed by atoms with Gasteiger partial charge in [0.25, 0.3) is 5.91 Å². The van der Waals surface area contributed by atoms with Crippen LogP contribution in [0.15, 0.2) is 42.5 Å². The van der Waals surface area contributed by atoms with E-state index in [0.717, 1.165) is 42.7 Å². The van der Waals surface area contributed by atoms with Crippen molar-refractivity contribution >= 4 is 22.5 Å². The first-order valence-corrected chi connectivity index (χ1v) is 9.13. The van der Waals surface area contributed by atoms with Crippen LogP contribution < -0.4 is 10.2 Å². The number of hydrogen-bond donors (Lipinski definition) is 2. The summed E-state index contributed by atoms with van der Waals surface area (Å²) in [6.45, 7) is 3.97. The molecule has 1 aliphatic heterocycles. The van der Waals surface area contributed by atoms with E-state index >= 15 is 0 Å². The van der Waals surface area contributed by atoms with Crippen molar-refractivity contribution in [1.82, 2.24) is 15.2 Å². The van der Waals surface area contributed by atoms with E-state index in [9.17, 15) is 9.18 Å². The van der Waals surface area contributed by atoms with Crippen molar-refractivity contribution in [1.29, 1.82) is 0 Å². The molecule has 0 bridgehead atoms. The topological polar surface area (TPSA) is 51.4 Å². The van der Waals surface area contributed by atoms with Crippen LogP contribution in [0.4, 0.5) is 10.1 Å². The molecule has 1 fully saturated rings. The number of nitrogens with one attached hydrogen (secondary N) is 2. The fraction of sp³-hybridized carbons (Fsp3) is 0.286. The number of anilines is 1. The summed E-state index contributed by atoms with van der Waals surface area (Å²) in [5.74, 6) is -0.533. The molecule has 1 amide bonds. The van der Waals surface area contributed by atoms with E-state index in [1.165, 1.54) is 16.7 Å². The van der Waals surface area contributed by atoms with Gasteiger partial charge in [-0.2, -0.15) is 0 Å². The first-order valence-electron chi connectivity index (χ1n) is 9.13. The first kappa shape index (κ1) is 17.5. The van der Waals surface area contributed by atoms with Crippen LogP contribution >= 0.6 is 0 Å². The maximum Gasteiger partial charge on any atom is 0.269 e. The zero-order valence-electron chi connectivity index (χ0n) is 15.6. The molecule has 0 spiro atoms. The number of aromatic amines is 1. The molecule has 4 rings (SSSR count). The molecule has 0 atom stereocenters. The molecule has 140 valence electrons. The van der Waals surface area contributed by atoms with Gasteiger partial charge in [-0.3, -0.25) is 4.79 Å². The van der Waals surface area contributed by atoms with Crippen molar-refractivity contribution in [3.05, 3.63) is 54.0 Å².